The lowest BCUT2D eigenvalue weighted by atomic mass is 9.93. The highest BCUT2D eigenvalue weighted by molar-refractivity contribution is 8.16. The van der Waals surface area contributed by atoms with Crippen LogP contribution in [0.2, 0.25) is 0 Å². The minimum absolute atomic E-state index is 0.0639. The summed E-state index contributed by atoms with van der Waals surface area (Å²) in [5, 5.41) is 5.38. The number of carbonyl (C=O) groups is 2. The summed E-state index contributed by atoms with van der Waals surface area (Å²) in [6.45, 7) is 7.52. The van der Waals surface area contributed by atoms with E-state index in [2.05, 4.69) is 10.3 Å². The van der Waals surface area contributed by atoms with Crippen molar-refractivity contribution in [1.29, 1.82) is 0 Å². The molecule has 6 nitrogen and oxygen atoms in total. The Bertz CT molecular complexity index is 1230. The van der Waals surface area contributed by atoms with Gasteiger partial charge in [0.05, 0.1) is 29.8 Å². The fourth-order valence-electron chi connectivity index (χ4n) is 4.04. The third-order valence-corrected chi connectivity index (χ3v) is 6.62. The molecule has 1 N–H and O–H groups in total. The highest BCUT2D eigenvalue weighted by Gasteiger charge is 2.41. The number of nitrogens with one attached hydrogen (secondary N) is 1. The first-order chi connectivity index (χ1) is 16.7. The zero-order valence-electron chi connectivity index (χ0n) is 20.2. The van der Waals surface area contributed by atoms with E-state index in [1.807, 2.05) is 62.3 Å². The first-order valence-electron chi connectivity index (χ1n) is 11.5. The lowest BCUT2D eigenvalue weighted by molar-refractivity contribution is -0.143. The van der Waals surface area contributed by atoms with Crippen LogP contribution in [0.25, 0.3) is 0 Å². The summed E-state index contributed by atoms with van der Waals surface area (Å²) < 4.78 is 19.5. The summed E-state index contributed by atoms with van der Waals surface area (Å²) in [4.78, 5) is 32.6. The van der Waals surface area contributed by atoms with Crippen molar-refractivity contribution >= 4 is 28.8 Å². The van der Waals surface area contributed by atoms with Crippen LogP contribution in [0.3, 0.4) is 0 Å². The van der Waals surface area contributed by atoms with E-state index in [0.717, 1.165) is 11.1 Å². The molecule has 0 aliphatic carbocycles. The quantitative estimate of drug-likeness (QED) is 0.526. The van der Waals surface area contributed by atoms with Crippen LogP contribution in [0.1, 0.15) is 49.9 Å². The molecule has 8 heteroatoms. The topological polar surface area (TPSA) is 71.0 Å². The molecule has 1 atom stereocenters. The number of ether oxygens (including phenoxy) is 1. The number of allylic oxidation sites excluding steroid dienone is 1. The number of carbonyl (C=O) groups excluding carboxylic acids is 2. The maximum absolute atomic E-state index is 13.9. The molecule has 0 radical (unpaired) electrons. The van der Waals surface area contributed by atoms with E-state index < -0.39 is 12.0 Å². The molecule has 35 heavy (non-hydrogen) atoms. The molecule has 2 heterocycles. The van der Waals surface area contributed by atoms with Crippen molar-refractivity contribution in [2.75, 3.05) is 0 Å². The highest BCUT2D eigenvalue weighted by atomic mass is 32.2. The molecule has 0 aromatic heterocycles. The van der Waals surface area contributed by atoms with Crippen molar-refractivity contribution in [1.82, 2.24) is 10.2 Å². The second-order valence-corrected chi connectivity index (χ2v) is 9.64. The molecule has 0 bridgehead atoms. The van der Waals surface area contributed by atoms with Crippen LogP contribution in [0, 0.1) is 12.7 Å². The Balaban J connectivity index is 1.61. The number of amides is 1. The van der Waals surface area contributed by atoms with E-state index in [4.69, 9.17) is 4.74 Å². The van der Waals surface area contributed by atoms with Crippen LogP contribution in [0.5, 0.6) is 0 Å². The van der Waals surface area contributed by atoms with E-state index >= 15 is 0 Å². The molecule has 1 amide bonds. The van der Waals surface area contributed by atoms with Crippen molar-refractivity contribution < 1.29 is 18.7 Å². The molecule has 2 aromatic rings. The molecule has 0 spiro atoms. The predicted molar refractivity (Wildman–Crippen MR) is 136 cm³/mol. The van der Waals surface area contributed by atoms with Gasteiger partial charge in [-0.15, -0.1) is 0 Å². The lowest BCUT2D eigenvalue weighted by Crippen LogP contribution is -2.38. The second-order valence-electron chi connectivity index (χ2n) is 8.80. The van der Waals surface area contributed by atoms with Gasteiger partial charge in [0, 0.05) is 17.8 Å². The fourth-order valence-corrected chi connectivity index (χ4v) is 5.00. The zero-order chi connectivity index (χ0) is 25.1. The summed E-state index contributed by atoms with van der Waals surface area (Å²) in [5.41, 5.74) is 4.19. The van der Waals surface area contributed by atoms with Crippen molar-refractivity contribution in [3.63, 3.8) is 0 Å². The van der Waals surface area contributed by atoms with Gasteiger partial charge in [0.15, 0.2) is 5.17 Å². The van der Waals surface area contributed by atoms with Gasteiger partial charge in [-0.2, -0.15) is 0 Å². The molecular weight excluding hydrogens is 465 g/mol. The summed E-state index contributed by atoms with van der Waals surface area (Å²) in [6, 6.07) is 13.8. The molecule has 4 rings (SSSR count). The van der Waals surface area contributed by atoms with Crippen LogP contribution in [0.4, 0.5) is 4.39 Å². The SMILES string of the molecule is CC1=C(C(=O)OC(C)C)C(c2ccc(C)cc2)N2C(CC(=O)NCc3ccccc3F)=CSC2=N1. The van der Waals surface area contributed by atoms with Crippen LogP contribution in [-0.4, -0.2) is 28.0 Å². The molecule has 0 fully saturated rings. The Morgan fingerprint density at radius 1 is 1.14 bits per heavy atom. The van der Waals surface area contributed by atoms with E-state index in [0.29, 0.717) is 27.7 Å². The summed E-state index contributed by atoms with van der Waals surface area (Å²) in [7, 11) is 0. The van der Waals surface area contributed by atoms with Crippen molar-refractivity contribution in [3.05, 3.63) is 93.4 Å². The van der Waals surface area contributed by atoms with Gasteiger partial charge in [0.25, 0.3) is 0 Å². The molecule has 2 aliphatic rings. The van der Waals surface area contributed by atoms with Crippen molar-refractivity contribution in [2.24, 2.45) is 4.99 Å². The number of hydrogen-bond acceptors (Lipinski definition) is 6. The average Bonchev–Trinajstić information content (AvgIpc) is 3.19. The van der Waals surface area contributed by atoms with E-state index in [9.17, 15) is 14.0 Å². The van der Waals surface area contributed by atoms with E-state index in [1.165, 1.54) is 17.8 Å². The molecule has 182 valence electrons. The van der Waals surface area contributed by atoms with Gasteiger partial charge < -0.3 is 15.0 Å². The standard InChI is InChI=1S/C27H28FN3O3S/c1-16(2)34-26(33)24-18(4)30-27-31(25(24)19-11-9-17(3)10-12-19)21(15-35-27)13-23(32)29-14-20-7-5-6-8-22(20)28/h5-12,15-16,25H,13-14H2,1-4H3,(H,29,32). The maximum atomic E-state index is 13.9. The summed E-state index contributed by atoms with van der Waals surface area (Å²) in [5.74, 6) is -1.03. The number of benzene rings is 2. The number of thioether (sulfide) groups is 1. The number of aryl methyl sites for hydroxylation is 1. The Morgan fingerprint density at radius 3 is 2.54 bits per heavy atom. The molecule has 2 aromatic carbocycles. The smallest absolute Gasteiger partial charge is 0.338 e. The molecular formula is C27H28FN3O3S. The third-order valence-electron chi connectivity index (χ3n) is 5.73. The predicted octanol–water partition coefficient (Wildman–Crippen LogP) is 5.37. The van der Waals surface area contributed by atoms with Crippen LogP contribution >= 0.6 is 11.8 Å². The van der Waals surface area contributed by atoms with Gasteiger partial charge in [0.1, 0.15) is 5.82 Å². The maximum Gasteiger partial charge on any atom is 0.338 e. The molecule has 0 saturated carbocycles. The largest absolute Gasteiger partial charge is 0.459 e. The van der Waals surface area contributed by atoms with E-state index in [-0.39, 0.29) is 30.8 Å². The monoisotopic (exact) mass is 493 g/mol. The lowest BCUT2D eigenvalue weighted by Gasteiger charge is -2.36. The Kier molecular flexibility index (Phi) is 7.40. The van der Waals surface area contributed by atoms with Gasteiger partial charge in [0.2, 0.25) is 5.91 Å². The number of rotatable bonds is 7. The number of amidine groups is 1. The van der Waals surface area contributed by atoms with Gasteiger partial charge in [-0.05, 0) is 44.7 Å². The first kappa shape index (κ1) is 24.7. The average molecular weight is 494 g/mol. The molecule has 1 unspecified atom stereocenters. The van der Waals surface area contributed by atoms with Crippen LogP contribution < -0.4 is 5.32 Å². The number of hydrogen-bond donors (Lipinski definition) is 1. The molecule has 0 saturated heterocycles. The number of aliphatic imine (C=N–C) groups is 1. The van der Waals surface area contributed by atoms with Gasteiger partial charge >= 0.3 is 5.97 Å². The summed E-state index contributed by atoms with van der Waals surface area (Å²) >= 11 is 1.41. The minimum atomic E-state index is -0.477. The van der Waals surface area contributed by atoms with Crippen molar-refractivity contribution in [2.45, 2.75) is 52.8 Å². The van der Waals surface area contributed by atoms with Gasteiger partial charge in [-0.25, -0.2) is 14.2 Å². The van der Waals surface area contributed by atoms with Crippen LogP contribution in [-0.2, 0) is 20.9 Å². The number of fused-ring (bicyclic) bond motifs is 1. The van der Waals surface area contributed by atoms with Crippen LogP contribution in [0.15, 0.2) is 75.9 Å². The normalized spacial score (nSPS) is 17.2. The molecule has 2 aliphatic heterocycles. The number of nitrogens with zero attached hydrogens (tertiary/aromatic N) is 2. The Labute approximate surface area is 209 Å². The Morgan fingerprint density at radius 2 is 1.86 bits per heavy atom. The highest BCUT2D eigenvalue weighted by Crippen LogP contribution is 2.44. The number of esters is 1. The second kappa shape index (κ2) is 10.5. The minimum Gasteiger partial charge on any atom is -0.459 e. The first-order valence-corrected chi connectivity index (χ1v) is 12.3. The third kappa shape index (κ3) is 5.48. The Hall–Kier alpha value is -3.39. The zero-order valence-corrected chi connectivity index (χ0v) is 21.0. The van der Waals surface area contributed by atoms with Gasteiger partial charge in [-0.1, -0.05) is 59.8 Å². The van der Waals surface area contributed by atoms with Crippen molar-refractivity contribution in [3.8, 4) is 0 Å². The van der Waals surface area contributed by atoms with Gasteiger partial charge in [-0.3, -0.25) is 4.79 Å². The number of halogens is 1. The van der Waals surface area contributed by atoms with E-state index in [1.54, 1.807) is 18.2 Å². The summed E-state index contributed by atoms with van der Waals surface area (Å²) in [6.07, 6.45) is -0.215. The fraction of sp³-hybridized carbons (Fsp3) is 0.296.